The molecule has 2 rings (SSSR count). The average Bonchev–Trinajstić information content (AvgIpc) is 2.45. The van der Waals surface area contributed by atoms with Gasteiger partial charge in [-0.05, 0) is 25.5 Å². The number of para-hydroxylation sites is 1. The van der Waals surface area contributed by atoms with E-state index >= 15 is 0 Å². The summed E-state index contributed by atoms with van der Waals surface area (Å²) in [5.41, 5.74) is 6.37. The summed E-state index contributed by atoms with van der Waals surface area (Å²) in [7, 11) is 0. The van der Waals surface area contributed by atoms with Gasteiger partial charge in [-0.2, -0.15) is 0 Å². The van der Waals surface area contributed by atoms with Crippen molar-refractivity contribution in [2.24, 2.45) is 11.1 Å². The van der Waals surface area contributed by atoms with Crippen molar-refractivity contribution in [3.05, 3.63) is 36.5 Å². The zero-order valence-electron chi connectivity index (χ0n) is 11.5. The number of anilines is 1. The van der Waals surface area contributed by atoms with E-state index in [0.29, 0.717) is 12.1 Å². The third kappa shape index (κ3) is 2.63. The molecule has 0 aliphatic carbocycles. The number of benzene rings is 1. The van der Waals surface area contributed by atoms with E-state index in [-0.39, 0.29) is 10.9 Å². The van der Waals surface area contributed by atoms with E-state index in [1.807, 2.05) is 37.3 Å². The Hall–Kier alpha value is -2.01. The average molecular weight is 287 g/mol. The van der Waals surface area contributed by atoms with Crippen LogP contribution in [0, 0.1) is 5.41 Å². The molecule has 20 heavy (non-hydrogen) atoms. The molecule has 104 valence electrons. The van der Waals surface area contributed by atoms with E-state index < -0.39 is 5.41 Å². The van der Waals surface area contributed by atoms with Crippen LogP contribution in [0.5, 0.6) is 0 Å². The fraction of sp³-hybridized carbons (Fsp3) is 0.267. The molecule has 1 amide bonds. The first-order valence-corrected chi connectivity index (χ1v) is 6.84. The van der Waals surface area contributed by atoms with Crippen molar-refractivity contribution in [1.82, 2.24) is 4.98 Å². The summed E-state index contributed by atoms with van der Waals surface area (Å²) in [5, 5.41) is 3.81. The molecular formula is C15H17N3OS. The van der Waals surface area contributed by atoms with Crippen LogP contribution in [0.2, 0.25) is 0 Å². The minimum atomic E-state index is -0.846. The maximum atomic E-state index is 12.3. The molecule has 0 aliphatic heterocycles. The van der Waals surface area contributed by atoms with Gasteiger partial charge in [0.15, 0.2) is 0 Å². The first kappa shape index (κ1) is 14.4. The number of nitrogens with one attached hydrogen (secondary N) is 1. The molecule has 1 unspecified atom stereocenters. The Morgan fingerprint density at radius 1 is 1.45 bits per heavy atom. The van der Waals surface area contributed by atoms with Crippen LogP contribution in [-0.4, -0.2) is 15.9 Å². The first-order valence-electron chi connectivity index (χ1n) is 6.43. The molecule has 1 heterocycles. The second-order valence-corrected chi connectivity index (χ2v) is 5.36. The number of carbonyl (C=O) groups excluding carboxylic acids is 1. The lowest BCUT2D eigenvalue weighted by Crippen LogP contribution is -2.43. The standard InChI is InChI=1S/C15H17N3OS/c1-3-15(2,13(16)20)14(19)18-11-8-10-6-4-5-7-12(10)17-9-11/h4-9H,3H2,1-2H3,(H2,16,20)(H,18,19). The molecule has 1 aromatic heterocycles. The van der Waals surface area contributed by atoms with Crippen LogP contribution in [0.25, 0.3) is 10.9 Å². The maximum absolute atomic E-state index is 12.3. The van der Waals surface area contributed by atoms with Crippen LogP contribution < -0.4 is 11.1 Å². The molecular weight excluding hydrogens is 270 g/mol. The van der Waals surface area contributed by atoms with Gasteiger partial charge in [0.25, 0.3) is 0 Å². The molecule has 3 N–H and O–H groups in total. The summed E-state index contributed by atoms with van der Waals surface area (Å²) >= 11 is 5.00. The number of nitrogens with two attached hydrogens (primary N) is 1. The normalized spacial score (nSPS) is 13.7. The van der Waals surface area contributed by atoms with Crippen molar-refractivity contribution in [3.8, 4) is 0 Å². The van der Waals surface area contributed by atoms with Crippen LogP contribution >= 0.6 is 12.2 Å². The van der Waals surface area contributed by atoms with Gasteiger partial charge in [0.05, 0.1) is 27.8 Å². The molecule has 0 saturated heterocycles. The number of aromatic nitrogens is 1. The number of rotatable bonds is 4. The molecule has 1 aromatic carbocycles. The van der Waals surface area contributed by atoms with Gasteiger partial charge >= 0.3 is 0 Å². The van der Waals surface area contributed by atoms with Crippen LogP contribution in [-0.2, 0) is 4.79 Å². The number of fused-ring (bicyclic) bond motifs is 1. The van der Waals surface area contributed by atoms with Gasteiger partial charge in [-0.25, -0.2) is 0 Å². The van der Waals surface area contributed by atoms with E-state index in [9.17, 15) is 4.79 Å². The first-order chi connectivity index (χ1) is 9.47. The zero-order valence-corrected chi connectivity index (χ0v) is 12.3. The Labute approximate surface area is 123 Å². The molecule has 0 radical (unpaired) electrons. The van der Waals surface area contributed by atoms with Crippen LogP contribution in [0.1, 0.15) is 20.3 Å². The molecule has 0 aliphatic rings. The Morgan fingerprint density at radius 3 is 2.80 bits per heavy atom. The highest BCUT2D eigenvalue weighted by Crippen LogP contribution is 2.24. The molecule has 4 nitrogen and oxygen atoms in total. The SMILES string of the molecule is CCC(C)(C(=O)Nc1cnc2ccccc2c1)C(N)=S. The topological polar surface area (TPSA) is 68.0 Å². The van der Waals surface area contributed by atoms with Gasteiger partial charge in [-0.1, -0.05) is 37.3 Å². The molecule has 1 atom stereocenters. The Morgan fingerprint density at radius 2 is 2.15 bits per heavy atom. The number of amides is 1. The Balaban J connectivity index is 2.28. The van der Waals surface area contributed by atoms with Gasteiger partial charge in [-0.3, -0.25) is 9.78 Å². The summed E-state index contributed by atoms with van der Waals surface area (Å²) < 4.78 is 0. The lowest BCUT2D eigenvalue weighted by Gasteiger charge is -2.25. The van der Waals surface area contributed by atoms with Crippen molar-refractivity contribution < 1.29 is 4.79 Å². The van der Waals surface area contributed by atoms with E-state index in [1.54, 1.807) is 13.1 Å². The Bertz CT molecular complexity index is 671. The number of hydrogen-bond acceptors (Lipinski definition) is 3. The summed E-state index contributed by atoms with van der Waals surface area (Å²) in [4.78, 5) is 16.8. The highest BCUT2D eigenvalue weighted by atomic mass is 32.1. The minimum absolute atomic E-state index is 0.200. The summed E-state index contributed by atoms with van der Waals surface area (Å²) in [6.07, 6.45) is 2.19. The minimum Gasteiger partial charge on any atom is -0.392 e. The van der Waals surface area contributed by atoms with Crippen molar-refractivity contribution >= 4 is 39.7 Å². The number of carbonyl (C=O) groups is 1. The number of thiocarbonyl (C=S) groups is 1. The van der Waals surface area contributed by atoms with Crippen LogP contribution in [0.3, 0.4) is 0 Å². The molecule has 0 bridgehead atoms. The van der Waals surface area contributed by atoms with Gasteiger partial charge in [-0.15, -0.1) is 0 Å². The molecule has 2 aromatic rings. The lowest BCUT2D eigenvalue weighted by molar-refractivity contribution is -0.121. The predicted octanol–water partition coefficient (Wildman–Crippen LogP) is 2.88. The highest BCUT2D eigenvalue weighted by molar-refractivity contribution is 7.80. The summed E-state index contributed by atoms with van der Waals surface area (Å²) in [6.45, 7) is 3.64. The van der Waals surface area contributed by atoms with Gasteiger partial charge in [0, 0.05) is 5.39 Å². The van der Waals surface area contributed by atoms with E-state index in [0.717, 1.165) is 10.9 Å². The highest BCUT2D eigenvalue weighted by Gasteiger charge is 2.34. The fourth-order valence-corrected chi connectivity index (χ4v) is 2.09. The van der Waals surface area contributed by atoms with Crippen LogP contribution in [0.4, 0.5) is 5.69 Å². The van der Waals surface area contributed by atoms with Gasteiger partial charge < -0.3 is 11.1 Å². The second-order valence-electron chi connectivity index (χ2n) is 4.92. The quantitative estimate of drug-likeness (QED) is 0.848. The van der Waals surface area contributed by atoms with Crippen molar-refractivity contribution in [2.45, 2.75) is 20.3 Å². The number of hydrogen-bond donors (Lipinski definition) is 2. The molecule has 0 saturated carbocycles. The molecule has 0 spiro atoms. The number of pyridine rings is 1. The van der Waals surface area contributed by atoms with Crippen molar-refractivity contribution in [1.29, 1.82) is 0 Å². The second kappa shape index (κ2) is 5.54. The van der Waals surface area contributed by atoms with Gasteiger partial charge in [0.2, 0.25) is 5.91 Å². The lowest BCUT2D eigenvalue weighted by atomic mass is 9.86. The smallest absolute Gasteiger partial charge is 0.237 e. The van der Waals surface area contributed by atoms with E-state index in [4.69, 9.17) is 18.0 Å². The molecule has 0 fully saturated rings. The van der Waals surface area contributed by atoms with Crippen molar-refractivity contribution in [2.75, 3.05) is 5.32 Å². The largest absolute Gasteiger partial charge is 0.392 e. The zero-order chi connectivity index (χ0) is 14.8. The van der Waals surface area contributed by atoms with Gasteiger partial charge in [0.1, 0.15) is 0 Å². The summed E-state index contributed by atoms with van der Waals surface area (Å²) in [5.74, 6) is -0.204. The molecule has 5 heteroatoms. The van der Waals surface area contributed by atoms with Crippen LogP contribution in [0.15, 0.2) is 36.5 Å². The predicted molar refractivity (Wildman–Crippen MR) is 85.6 cm³/mol. The fourth-order valence-electron chi connectivity index (χ4n) is 1.86. The Kier molecular flexibility index (Phi) is 3.99. The monoisotopic (exact) mass is 287 g/mol. The number of nitrogens with zero attached hydrogens (tertiary/aromatic N) is 1. The third-order valence-corrected chi connectivity index (χ3v) is 4.05. The van der Waals surface area contributed by atoms with Crippen molar-refractivity contribution in [3.63, 3.8) is 0 Å². The summed E-state index contributed by atoms with van der Waals surface area (Å²) in [6, 6.07) is 9.61. The van der Waals surface area contributed by atoms with E-state index in [1.165, 1.54) is 0 Å². The van der Waals surface area contributed by atoms with E-state index in [2.05, 4.69) is 10.3 Å². The third-order valence-electron chi connectivity index (χ3n) is 3.60. The maximum Gasteiger partial charge on any atom is 0.237 e.